The van der Waals surface area contributed by atoms with Crippen LogP contribution < -0.4 is 0 Å². The standard InChI is InChI=1S/C17H32O13/c1-5(19)15(10(22)7(20)3-18)30-16-13(25)11(23)8(4-27-16)29-17-14(26)12(24)9(21)6(2)28-17/h5-26H,3-4H2,1-2H3/t5-,6-,7+,8+,9-,10-,11-,12+,13+,14+,15+,16-,17+/m0/s1. The van der Waals surface area contributed by atoms with Gasteiger partial charge in [0.1, 0.15) is 54.9 Å². The van der Waals surface area contributed by atoms with Crippen molar-refractivity contribution in [2.75, 3.05) is 13.2 Å². The van der Waals surface area contributed by atoms with Crippen LogP contribution in [0.1, 0.15) is 13.8 Å². The molecule has 2 aliphatic rings. The van der Waals surface area contributed by atoms with Crippen molar-refractivity contribution >= 4 is 0 Å². The van der Waals surface area contributed by atoms with Gasteiger partial charge in [-0.05, 0) is 13.8 Å². The Labute approximate surface area is 172 Å². The molecule has 0 bridgehead atoms. The van der Waals surface area contributed by atoms with Crippen molar-refractivity contribution in [3.8, 4) is 0 Å². The smallest absolute Gasteiger partial charge is 0.187 e. The van der Waals surface area contributed by atoms with Gasteiger partial charge in [-0.2, -0.15) is 0 Å². The second kappa shape index (κ2) is 10.9. The molecule has 0 aromatic rings. The predicted octanol–water partition coefficient (Wildman–Crippen LogP) is -5.24. The third-order valence-corrected chi connectivity index (χ3v) is 5.24. The fraction of sp³-hybridized carbons (Fsp3) is 1.00. The van der Waals surface area contributed by atoms with Gasteiger partial charge in [-0.3, -0.25) is 0 Å². The van der Waals surface area contributed by atoms with E-state index in [1.807, 2.05) is 0 Å². The quantitative estimate of drug-likeness (QED) is 0.171. The number of hydrogen-bond acceptors (Lipinski definition) is 13. The van der Waals surface area contributed by atoms with Gasteiger partial charge in [0.25, 0.3) is 0 Å². The third kappa shape index (κ3) is 5.63. The summed E-state index contributed by atoms with van der Waals surface area (Å²) in [5, 5.41) is 88.5. The Morgan fingerprint density at radius 1 is 0.900 bits per heavy atom. The van der Waals surface area contributed by atoms with Crippen molar-refractivity contribution in [3.05, 3.63) is 0 Å². The molecule has 2 heterocycles. The van der Waals surface area contributed by atoms with Crippen LogP contribution in [0.5, 0.6) is 0 Å². The van der Waals surface area contributed by atoms with E-state index in [4.69, 9.17) is 24.1 Å². The maximum Gasteiger partial charge on any atom is 0.187 e. The fourth-order valence-corrected chi connectivity index (χ4v) is 3.27. The van der Waals surface area contributed by atoms with Gasteiger partial charge < -0.3 is 64.9 Å². The van der Waals surface area contributed by atoms with E-state index in [0.717, 1.165) is 0 Å². The molecular formula is C17H32O13. The zero-order chi connectivity index (χ0) is 22.7. The molecule has 2 fully saturated rings. The molecule has 13 atom stereocenters. The predicted molar refractivity (Wildman–Crippen MR) is 94.6 cm³/mol. The van der Waals surface area contributed by atoms with Gasteiger partial charge in [-0.25, -0.2) is 0 Å². The van der Waals surface area contributed by atoms with Crippen molar-refractivity contribution < 1.29 is 64.9 Å². The normalized spacial score (nSPS) is 44.3. The van der Waals surface area contributed by atoms with Gasteiger partial charge in [0.15, 0.2) is 12.6 Å². The highest BCUT2D eigenvalue weighted by Crippen LogP contribution is 2.27. The molecule has 13 heteroatoms. The first-order valence-electron chi connectivity index (χ1n) is 9.62. The van der Waals surface area contributed by atoms with E-state index in [1.165, 1.54) is 13.8 Å². The number of rotatable bonds is 8. The topological polar surface area (TPSA) is 219 Å². The Bertz CT molecular complexity index is 522. The molecule has 0 radical (unpaired) electrons. The number of aliphatic hydroxyl groups excluding tert-OH is 9. The van der Waals surface area contributed by atoms with Crippen LogP contribution in [0.15, 0.2) is 0 Å². The van der Waals surface area contributed by atoms with Crippen molar-refractivity contribution in [2.24, 2.45) is 0 Å². The first-order valence-corrected chi connectivity index (χ1v) is 9.62. The molecule has 2 aliphatic heterocycles. The van der Waals surface area contributed by atoms with Crippen LogP contribution in [-0.4, -0.2) is 139 Å². The number of aliphatic hydroxyl groups is 9. The monoisotopic (exact) mass is 444 g/mol. The van der Waals surface area contributed by atoms with Crippen LogP contribution in [0.3, 0.4) is 0 Å². The zero-order valence-corrected chi connectivity index (χ0v) is 16.6. The number of hydrogen-bond donors (Lipinski definition) is 9. The van der Waals surface area contributed by atoms with E-state index in [0.29, 0.717) is 0 Å². The average Bonchev–Trinajstić information content (AvgIpc) is 2.71. The molecule has 0 aromatic heterocycles. The highest BCUT2D eigenvalue weighted by molar-refractivity contribution is 4.91. The van der Waals surface area contributed by atoms with Crippen molar-refractivity contribution in [3.63, 3.8) is 0 Å². The molecular weight excluding hydrogens is 412 g/mol. The van der Waals surface area contributed by atoms with E-state index in [2.05, 4.69) is 0 Å². The highest BCUT2D eigenvalue weighted by Gasteiger charge is 2.47. The SMILES string of the molecule is C[C@H](O)[C@@H](O[C@@H]1OC[C@@H](O[C@H]2O[C@@H](C)[C@H](O)[C@@H](O)[C@H]2O)[C@H](O)[C@H]1O)[C@@H](O)[C@H](O)CO. The van der Waals surface area contributed by atoms with Crippen LogP contribution >= 0.6 is 0 Å². The molecule has 0 saturated carbocycles. The summed E-state index contributed by atoms with van der Waals surface area (Å²) >= 11 is 0. The lowest BCUT2D eigenvalue weighted by Gasteiger charge is -2.44. The minimum atomic E-state index is -1.72. The second-order valence-electron chi connectivity index (χ2n) is 7.62. The van der Waals surface area contributed by atoms with Gasteiger partial charge >= 0.3 is 0 Å². The minimum absolute atomic E-state index is 0.367. The Balaban J connectivity index is 1.99. The van der Waals surface area contributed by atoms with Crippen molar-refractivity contribution in [2.45, 2.75) is 93.6 Å². The van der Waals surface area contributed by atoms with E-state index in [1.54, 1.807) is 0 Å². The van der Waals surface area contributed by atoms with Crippen LogP contribution in [0.2, 0.25) is 0 Å². The maximum absolute atomic E-state index is 10.4. The van der Waals surface area contributed by atoms with Gasteiger partial charge in [0.2, 0.25) is 0 Å². The molecule has 30 heavy (non-hydrogen) atoms. The first kappa shape index (κ1) is 25.7. The molecule has 9 N–H and O–H groups in total. The first-order chi connectivity index (χ1) is 14.0. The molecule has 0 amide bonds. The summed E-state index contributed by atoms with van der Waals surface area (Å²) in [5.74, 6) is 0. The molecule has 2 saturated heterocycles. The van der Waals surface area contributed by atoms with E-state index < -0.39 is 86.3 Å². The Morgan fingerprint density at radius 3 is 2.07 bits per heavy atom. The molecule has 178 valence electrons. The summed E-state index contributed by atoms with van der Waals surface area (Å²) < 4.78 is 21.3. The molecule has 13 nitrogen and oxygen atoms in total. The van der Waals surface area contributed by atoms with Gasteiger partial charge in [0, 0.05) is 0 Å². The largest absolute Gasteiger partial charge is 0.394 e. The van der Waals surface area contributed by atoms with Gasteiger partial charge in [-0.15, -0.1) is 0 Å². The highest BCUT2D eigenvalue weighted by atomic mass is 16.7. The van der Waals surface area contributed by atoms with Crippen LogP contribution in [0, 0.1) is 0 Å². The fourth-order valence-electron chi connectivity index (χ4n) is 3.27. The molecule has 0 unspecified atom stereocenters. The molecule has 0 spiro atoms. The summed E-state index contributed by atoms with van der Waals surface area (Å²) in [6, 6.07) is 0. The Kier molecular flexibility index (Phi) is 9.33. The van der Waals surface area contributed by atoms with Crippen molar-refractivity contribution in [1.29, 1.82) is 0 Å². The van der Waals surface area contributed by atoms with Crippen LogP contribution in [0.4, 0.5) is 0 Å². The molecule has 0 aliphatic carbocycles. The van der Waals surface area contributed by atoms with Gasteiger partial charge in [0.05, 0.1) is 25.4 Å². The van der Waals surface area contributed by atoms with Crippen LogP contribution in [-0.2, 0) is 18.9 Å². The summed E-state index contributed by atoms with van der Waals surface area (Å²) in [5.41, 5.74) is 0. The maximum atomic E-state index is 10.4. The Morgan fingerprint density at radius 2 is 1.50 bits per heavy atom. The van der Waals surface area contributed by atoms with E-state index in [9.17, 15) is 40.9 Å². The second-order valence-corrected chi connectivity index (χ2v) is 7.62. The third-order valence-electron chi connectivity index (χ3n) is 5.24. The lowest BCUT2D eigenvalue weighted by molar-refractivity contribution is -0.347. The minimum Gasteiger partial charge on any atom is -0.394 e. The summed E-state index contributed by atoms with van der Waals surface area (Å²) in [7, 11) is 0. The summed E-state index contributed by atoms with van der Waals surface area (Å²) in [4.78, 5) is 0. The molecule has 2 rings (SSSR count). The van der Waals surface area contributed by atoms with Crippen molar-refractivity contribution in [1.82, 2.24) is 0 Å². The van der Waals surface area contributed by atoms with E-state index >= 15 is 0 Å². The summed E-state index contributed by atoms with van der Waals surface area (Å²) in [6.45, 7) is 1.53. The van der Waals surface area contributed by atoms with Crippen LogP contribution in [0.25, 0.3) is 0 Å². The van der Waals surface area contributed by atoms with E-state index in [-0.39, 0.29) is 6.61 Å². The number of ether oxygens (including phenoxy) is 4. The zero-order valence-electron chi connectivity index (χ0n) is 16.6. The van der Waals surface area contributed by atoms with Gasteiger partial charge in [-0.1, -0.05) is 0 Å². The summed E-state index contributed by atoms with van der Waals surface area (Å²) in [6.07, 6.45) is -19.0. The molecule has 0 aromatic carbocycles. The average molecular weight is 444 g/mol. The lowest BCUT2D eigenvalue weighted by Crippen LogP contribution is -2.62. The Hall–Kier alpha value is -0.520. The lowest BCUT2D eigenvalue weighted by atomic mass is 9.99.